The average molecular weight is 238 g/mol. The van der Waals surface area contributed by atoms with Gasteiger partial charge in [-0.05, 0) is 52.0 Å². The Hall–Kier alpha value is -0.0800. The van der Waals surface area contributed by atoms with Gasteiger partial charge >= 0.3 is 0 Å². The molecule has 1 saturated carbocycles. The van der Waals surface area contributed by atoms with Crippen molar-refractivity contribution in [3.8, 4) is 0 Å². The maximum Gasteiger partial charge on any atom is 0.0309 e. The topological polar surface area (TPSA) is 15.3 Å². The summed E-state index contributed by atoms with van der Waals surface area (Å²) in [5, 5.41) is 3.86. The highest BCUT2D eigenvalue weighted by molar-refractivity contribution is 5.07. The number of rotatable bonds is 5. The van der Waals surface area contributed by atoms with E-state index in [1.165, 1.54) is 51.7 Å². The second-order valence-electron chi connectivity index (χ2n) is 6.67. The van der Waals surface area contributed by atoms with Crippen molar-refractivity contribution in [3.63, 3.8) is 0 Å². The van der Waals surface area contributed by atoms with Gasteiger partial charge in [0.25, 0.3) is 0 Å². The standard InChI is InChI=1S/C15H30N2/c1-5-7-10-17-12-15(4,13-8-9-13)16-11-14(17,3)6-2/h13,16H,5-12H2,1-4H3. The van der Waals surface area contributed by atoms with Gasteiger partial charge in [-0.2, -0.15) is 0 Å². The molecule has 2 aliphatic rings. The minimum absolute atomic E-state index is 0.379. The highest BCUT2D eigenvalue weighted by atomic mass is 15.3. The fourth-order valence-corrected chi connectivity index (χ4v) is 3.19. The van der Waals surface area contributed by atoms with E-state index >= 15 is 0 Å². The Bertz CT molecular complexity index is 262. The SMILES string of the molecule is CCCCN1CC(C)(C2CC2)NCC1(C)CC. The second-order valence-corrected chi connectivity index (χ2v) is 6.67. The van der Waals surface area contributed by atoms with Crippen molar-refractivity contribution in [2.75, 3.05) is 19.6 Å². The molecule has 2 nitrogen and oxygen atoms in total. The largest absolute Gasteiger partial charge is 0.308 e. The van der Waals surface area contributed by atoms with Gasteiger partial charge in [0.1, 0.15) is 0 Å². The van der Waals surface area contributed by atoms with Crippen LogP contribution in [-0.2, 0) is 0 Å². The summed E-state index contributed by atoms with van der Waals surface area (Å²) in [4.78, 5) is 2.77. The van der Waals surface area contributed by atoms with E-state index in [0.717, 1.165) is 5.92 Å². The summed E-state index contributed by atoms with van der Waals surface area (Å²) in [7, 11) is 0. The van der Waals surface area contributed by atoms with Gasteiger partial charge < -0.3 is 5.32 Å². The van der Waals surface area contributed by atoms with E-state index < -0.39 is 0 Å². The van der Waals surface area contributed by atoms with Crippen LogP contribution >= 0.6 is 0 Å². The van der Waals surface area contributed by atoms with Gasteiger partial charge in [-0.3, -0.25) is 4.90 Å². The van der Waals surface area contributed by atoms with Crippen LogP contribution in [0.1, 0.15) is 59.8 Å². The molecular formula is C15H30N2. The molecule has 2 rings (SSSR count). The zero-order valence-corrected chi connectivity index (χ0v) is 12.2. The summed E-state index contributed by atoms with van der Waals surface area (Å²) in [6.45, 7) is 13.2. The Morgan fingerprint density at radius 3 is 2.47 bits per heavy atom. The van der Waals surface area contributed by atoms with Crippen LogP contribution in [0, 0.1) is 5.92 Å². The third-order valence-electron chi connectivity index (χ3n) is 5.18. The Labute approximate surface area is 107 Å². The maximum absolute atomic E-state index is 3.86. The number of nitrogens with one attached hydrogen (secondary N) is 1. The first-order chi connectivity index (χ1) is 8.04. The second kappa shape index (κ2) is 4.89. The van der Waals surface area contributed by atoms with E-state index in [2.05, 4.69) is 37.9 Å². The van der Waals surface area contributed by atoms with Gasteiger partial charge in [0, 0.05) is 24.2 Å². The summed E-state index contributed by atoms with van der Waals surface area (Å²) in [6.07, 6.45) is 6.78. The summed E-state index contributed by atoms with van der Waals surface area (Å²) >= 11 is 0. The minimum atomic E-state index is 0.379. The summed E-state index contributed by atoms with van der Waals surface area (Å²) < 4.78 is 0. The zero-order chi connectivity index (χ0) is 12.5. The first-order valence-corrected chi connectivity index (χ1v) is 7.54. The van der Waals surface area contributed by atoms with Crippen molar-refractivity contribution in [2.45, 2.75) is 70.9 Å². The van der Waals surface area contributed by atoms with Crippen LogP contribution in [0.3, 0.4) is 0 Å². The molecule has 0 aromatic carbocycles. The first kappa shape index (κ1) is 13.4. The molecule has 0 bridgehead atoms. The lowest BCUT2D eigenvalue weighted by atomic mass is 9.84. The molecule has 0 aromatic rings. The maximum atomic E-state index is 3.86. The lowest BCUT2D eigenvalue weighted by Crippen LogP contribution is -2.68. The van der Waals surface area contributed by atoms with Gasteiger partial charge in [-0.15, -0.1) is 0 Å². The number of nitrogens with zero attached hydrogens (tertiary/aromatic N) is 1. The lowest BCUT2D eigenvalue weighted by Gasteiger charge is -2.52. The number of hydrogen-bond acceptors (Lipinski definition) is 2. The van der Waals surface area contributed by atoms with Gasteiger partial charge in [0.15, 0.2) is 0 Å². The Kier molecular flexibility index (Phi) is 3.84. The van der Waals surface area contributed by atoms with Gasteiger partial charge in [-0.1, -0.05) is 20.3 Å². The molecular weight excluding hydrogens is 208 g/mol. The third kappa shape index (κ3) is 2.68. The van der Waals surface area contributed by atoms with E-state index in [-0.39, 0.29) is 0 Å². The van der Waals surface area contributed by atoms with Crippen LogP contribution in [0.25, 0.3) is 0 Å². The van der Waals surface area contributed by atoms with Crippen LogP contribution in [0.4, 0.5) is 0 Å². The predicted octanol–water partition coefficient (Wildman–Crippen LogP) is 3.03. The van der Waals surface area contributed by atoms with Crippen molar-refractivity contribution in [3.05, 3.63) is 0 Å². The molecule has 1 aliphatic carbocycles. The molecule has 2 fully saturated rings. The molecule has 100 valence electrons. The molecule has 0 radical (unpaired) electrons. The molecule has 1 saturated heterocycles. The molecule has 17 heavy (non-hydrogen) atoms. The van der Waals surface area contributed by atoms with E-state index in [0.29, 0.717) is 11.1 Å². The third-order valence-corrected chi connectivity index (χ3v) is 5.18. The fraction of sp³-hybridized carbons (Fsp3) is 1.00. The highest BCUT2D eigenvalue weighted by Crippen LogP contribution is 2.43. The normalized spacial score (nSPS) is 39.5. The van der Waals surface area contributed by atoms with E-state index in [1.807, 2.05) is 0 Å². The van der Waals surface area contributed by atoms with Gasteiger partial charge in [0.05, 0.1) is 0 Å². The van der Waals surface area contributed by atoms with E-state index in [9.17, 15) is 0 Å². The Morgan fingerprint density at radius 1 is 1.24 bits per heavy atom. The summed E-state index contributed by atoms with van der Waals surface area (Å²) in [5.74, 6) is 0.938. The van der Waals surface area contributed by atoms with Crippen LogP contribution < -0.4 is 5.32 Å². The molecule has 0 spiro atoms. The number of hydrogen-bond donors (Lipinski definition) is 1. The van der Waals surface area contributed by atoms with E-state index in [1.54, 1.807) is 0 Å². The van der Waals surface area contributed by atoms with Crippen molar-refractivity contribution in [1.82, 2.24) is 10.2 Å². The molecule has 1 N–H and O–H groups in total. The smallest absolute Gasteiger partial charge is 0.0309 e. The average Bonchev–Trinajstić information content (AvgIpc) is 3.15. The summed E-state index contributed by atoms with van der Waals surface area (Å²) in [6, 6.07) is 0. The van der Waals surface area contributed by atoms with Gasteiger partial charge in [-0.25, -0.2) is 0 Å². The molecule has 1 heterocycles. The summed E-state index contributed by atoms with van der Waals surface area (Å²) in [5.41, 5.74) is 0.770. The Morgan fingerprint density at radius 2 is 1.94 bits per heavy atom. The molecule has 2 atom stereocenters. The van der Waals surface area contributed by atoms with Crippen molar-refractivity contribution >= 4 is 0 Å². The van der Waals surface area contributed by atoms with Crippen molar-refractivity contribution in [2.24, 2.45) is 5.92 Å². The van der Waals surface area contributed by atoms with E-state index in [4.69, 9.17) is 0 Å². The van der Waals surface area contributed by atoms with Crippen molar-refractivity contribution in [1.29, 1.82) is 0 Å². The Balaban J connectivity index is 2.04. The predicted molar refractivity (Wildman–Crippen MR) is 74.3 cm³/mol. The number of piperazine rings is 1. The van der Waals surface area contributed by atoms with Crippen LogP contribution in [-0.4, -0.2) is 35.6 Å². The monoisotopic (exact) mass is 238 g/mol. The van der Waals surface area contributed by atoms with Crippen LogP contribution in [0.15, 0.2) is 0 Å². The first-order valence-electron chi connectivity index (χ1n) is 7.54. The quantitative estimate of drug-likeness (QED) is 0.792. The van der Waals surface area contributed by atoms with Crippen LogP contribution in [0.2, 0.25) is 0 Å². The highest BCUT2D eigenvalue weighted by Gasteiger charge is 2.48. The van der Waals surface area contributed by atoms with Gasteiger partial charge in [0.2, 0.25) is 0 Å². The molecule has 2 unspecified atom stereocenters. The van der Waals surface area contributed by atoms with Crippen molar-refractivity contribution < 1.29 is 0 Å². The zero-order valence-electron chi connectivity index (χ0n) is 12.2. The molecule has 2 heteroatoms. The fourth-order valence-electron chi connectivity index (χ4n) is 3.19. The number of unbranched alkanes of at least 4 members (excludes halogenated alkanes) is 1. The van der Waals surface area contributed by atoms with Crippen LogP contribution in [0.5, 0.6) is 0 Å². The minimum Gasteiger partial charge on any atom is -0.308 e. The molecule has 0 amide bonds. The molecule has 0 aromatic heterocycles. The lowest BCUT2D eigenvalue weighted by molar-refractivity contribution is 0.00984. The molecule has 1 aliphatic heterocycles.